The number of hydrogen-bond donors (Lipinski definition) is 0. The van der Waals surface area contributed by atoms with E-state index in [0.29, 0.717) is 6.10 Å². The molecular formula is C16H22O3. The maximum Gasteiger partial charge on any atom is 0.168 e. The highest BCUT2D eigenvalue weighted by Gasteiger charge is 2.40. The summed E-state index contributed by atoms with van der Waals surface area (Å²) < 4.78 is 17.7. The summed E-state index contributed by atoms with van der Waals surface area (Å²) >= 11 is 0. The number of benzene rings is 1. The molecule has 3 rings (SSSR count). The van der Waals surface area contributed by atoms with Crippen LogP contribution in [0.4, 0.5) is 0 Å². The van der Waals surface area contributed by atoms with Crippen LogP contribution in [0.15, 0.2) is 30.3 Å². The number of ether oxygens (including phenoxy) is 3. The van der Waals surface area contributed by atoms with Crippen LogP contribution in [-0.2, 0) is 14.2 Å². The highest BCUT2D eigenvalue weighted by molar-refractivity contribution is 5.16. The first kappa shape index (κ1) is 13.1. The molecule has 0 N–H and O–H groups in total. The monoisotopic (exact) mass is 262 g/mol. The second kappa shape index (κ2) is 5.61. The lowest BCUT2D eigenvalue weighted by atomic mass is 9.91. The molecule has 2 fully saturated rings. The Morgan fingerprint density at radius 1 is 1.11 bits per heavy atom. The average Bonchev–Trinajstić information content (AvgIpc) is 2.91. The van der Waals surface area contributed by atoms with Gasteiger partial charge in [-0.15, -0.1) is 0 Å². The molecule has 0 aromatic heterocycles. The van der Waals surface area contributed by atoms with E-state index in [1.54, 1.807) is 0 Å². The zero-order valence-electron chi connectivity index (χ0n) is 11.5. The lowest BCUT2D eigenvalue weighted by Crippen LogP contribution is -2.37. The first-order chi connectivity index (χ1) is 9.27. The van der Waals surface area contributed by atoms with Crippen molar-refractivity contribution in [2.24, 2.45) is 0 Å². The molecule has 1 aromatic carbocycles. The lowest BCUT2D eigenvalue weighted by molar-refractivity contribution is -0.195. The summed E-state index contributed by atoms with van der Waals surface area (Å²) in [7, 11) is 0. The van der Waals surface area contributed by atoms with Crippen LogP contribution in [0.5, 0.6) is 0 Å². The molecule has 1 spiro atoms. The Kier molecular flexibility index (Phi) is 3.87. The van der Waals surface area contributed by atoms with Crippen molar-refractivity contribution in [3.63, 3.8) is 0 Å². The van der Waals surface area contributed by atoms with Gasteiger partial charge in [0.2, 0.25) is 0 Å². The van der Waals surface area contributed by atoms with Crippen molar-refractivity contribution < 1.29 is 14.2 Å². The normalized spacial score (nSPS) is 24.7. The van der Waals surface area contributed by atoms with Crippen LogP contribution in [0.2, 0.25) is 0 Å². The van der Waals surface area contributed by atoms with Gasteiger partial charge in [-0.25, -0.2) is 0 Å². The van der Waals surface area contributed by atoms with Gasteiger partial charge >= 0.3 is 0 Å². The van der Waals surface area contributed by atoms with Crippen LogP contribution in [0, 0.1) is 0 Å². The highest BCUT2D eigenvalue weighted by atomic mass is 16.7. The zero-order valence-corrected chi connectivity index (χ0v) is 11.5. The van der Waals surface area contributed by atoms with Gasteiger partial charge in [0.15, 0.2) is 5.79 Å². The molecule has 2 aliphatic rings. The van der Waals surface area contributed by atoms with E-state index in [-0.39, 0.29) is 11.9 Å². The Morgan fingerprint density at radius 2 is 1.74 bits per heavy atom. The fraction of sp³-hybridized carbons (Fsp3) is 0.625. The molecule has 1 atom stereocenters. The molecule has 1 saturated carbocycles. The van der Waals surface area contributed by atoms with E-state index < -0.39 is 0 Å². The van der Waals surface area contributed by atoms with E-state index in [9.17, 15) is 0 Å². The SMILES string of the molecule is CC(OC1CCC2(CC1)OCCO2)c1ccccc1. The largest absolute Gasteiger partial charge is 0.371 e. The highest BCUT2D eigenvalue weighted by Crippen LogP contribution is 2.37. The van der Waals surface area contributed by atoms with Gasteiger partial charge in [-0.2, -0.15) is 0 Å². The van der Waals surface area contributed by atoms with E-state index >= 15 is 0 Å². The Hall–Kier alpha value is -0.900. The van der Waals surface area contributed by atoms with Crippen LogP contribution in [-0.4, -0.2) is 25.1 Å². The van der Waals surface area contributed by atoms with Crippen LogP contribution >= 0.6 is 0 Å². The van der Waals surface area contributed by atoms with Crippen molar-refractivity contribution in [3.8, 4) is 0 Å². The summed E-state index contributed by atoms with van der Waals surface area (Å²) in [5.74, 6) is -0.282. The van der Waals surface area contributed by atoms with Gasteiger partial charge in [-0.1, -0.05) is 30.3 Å². The number of hydrogen-bond acceptors (Lipinski definition) is 3. The van der Waals surface area contributed by atoms with Crippen molar-refractivity contribution in [2.45, 2.75) is 50.6 Å². The smallest absolute Gasteiger partial charge is 0.168 e. The average molecular weight is 262 g/mol. The van der Waals surface area contributed by atoms with E-state index in [1.165, 1.54) is 5.56 Å². The molecule has 0 radical (unpaired) electrons. The van der Waals surface area contributed by atoms with Gasteiger partial charge in [-0.3, -0.25) is 0 Å². The predicted molar refractivity (Wildman–Crippen MR) is 72.8 cm³/mol. The maximum absolute atomic E-state index is 6.17. The molecule has 104 valence electrons. The standard InChI is InChI=1S/C16H22O3/c1-13(14-5-3-2-4-6-14)19-15-7-9-16(10-8-15)17-11-12-18-16/h2-6,13,15H,7-12H2,1H3. The molecule has 0 bridgehead atoms. The summed E-state index contributed by atoms with van der Waals surface area (Å²) in [5, 5.41) is 0. The van der Waals surface area contributed by atoms with Crippen molar-refractivity contribution in [1.82, 2.24) is 0 Å². The third kappa shape index (κ3) is 2.99. The molecule has 1 aliphatic heterocycles. The minimum absolute atomic E-state index is 0.158. The van der Waals surface area contributed by atoms with Crippen LogP contribution in [0.25, 0.3) is 0 Å². The topological polar surface area (TPSA) is 27.7 Å². The summed E-state index contributed by atoms with van der Waals surface area (Å²) in [5.41, 5.74) is 1.25. The van der Waals surface area contributed by atoms with Crippen molar-refractivity contribution in [2.75, 3.05) is 13.2 Å². The Balaban J connectivity index is 1.52. The summed E-state index contributed by atoms with van der Waals surface area (Å²) in [6.45, 7) is 3.61. The number of rotatable bonds is 3. The van der Waals surface area contributed by atoms with Gasteiger partial charge in [0, 0.05) is 12.8 Å². The van der Waals surface area contributed by atoms with Crippen molar-refractivity contribution in [3.05, 3.63) is 35.9 Å². The summed E-state index contributed by atoms with van der Waals surface area (Å²) in [6.07, 6.45) is 4.45. The van der Waals surface area contributed by atoms with Crippen LogP contribution in [0.3, 0.4) is 0 Å². The molecule has 3 heteroatoms. The summed E-state index contributed by atoms with van der Waals surface area (Å²) in [4.78, 5) is 0. The van der Waals surface area contributed by atoms with Crippen LogP contribution in [0.1, 0.15) is 44.3 Å². The van der Waals surface area contributed by atoms with E-state index in [2.05, 4.69) is 31.2 Å². The maximum atomic E-state index is 6.17. The molecule has 1 heterocycles. The van der Waals surface area contributed by atoms with Crippen LogP contribution < -0.4 is 0 Å². The predicted octanol–water partition coefficient (Wildman–Crippen LogP) is 3.45. The Labute approximate surface area is 114 Å². The quantitative estimate of drug-likeness (QED) is 0.835. The minimum Gasteiger partial charge on any atom is -0.371 e. The molecular weight excluding hydrogens is 240 g/mol. The van der Waals surface area contributed by atoms with E-state index in [4.69, 9.17) is 14.2 Å². The molecule has 1 aromatic rings. The zero-order chi connectivity index (χ0) is 13.1. The molecule has 0 amide bonds. The second-order valence-corrected chi connectivity index (χ2v) is 5.50. The minimum atomic E-state index is -0.282. The molecule has 1 aliphatic carbocycles. The molecule has 1 unspecified atom stereocenters. The fourth-order valence-electron chi connectivity index (χ4n) is 3.04. The van der Waals surface area contributed by atoms with Gasteiger partial charge in [0.25, 0.3) is 0 Å². The summed E-state index contributed by atoms with van der Waals surface area (Å²) in [6, 6.07) is 10.4. The Morgan fingerprint density at radius 3 is 2.37 bits per heavy atom. The Bertz CT molecular complexity index is 388. The fourth-order valence-corrected chi connectivity index (χ4v) is 3.04. The van der Waals surface area contributed by atoms with Crippen molar-refractivity contribution in [1.29, 1.82) is 0 Å². The van der Waals surface area contributed by atoms with Gasteiger partial charge in [-0.05, 0) is 25.3 Å². The van der Waals surface area contributed by atoms with Crippen molar-refractivity contribution >= 4 is 0 Å². The lowest BCUT2D eigenvalue weighted by Gasteiger charge is -2.36. The first-order valence-corrected chi connectivity index (χ1v) is 7.26. The van der Waals surface area contributed by atoms with Gasteiger partial charge < -0.3 is 14.2 Å². The second-order valence-electron chi connectivity index (χ2n) is 5.50. The molecule has 1 saturated heterocycles. The van der Waals surface area contributed by atoms with Gasteiger partial charge in [0.05, 0.1) is 25.4 Å². The van der Waals surface area contributed by atoms with E-state index in [1.807, 2.05) is 6.07 Å². The third-order valence-electron chi connectivity index (χ3n) is 4.17. The molecule has 3 nitrogen and oxygen atoms in total. The third-order valence-corrected chi connectivity index (χ3v) is 4.17. The van der Waals surface area contributed by atoms with Gasteiger partial charge in [0.1, 0.15) is 0 Å². The first-order valence-electron chi connectivity index (χ1n) is 7.26. The molecule has 19 heavy (non-hydrogen) atoms. The van der Waals surface area contributed by atoms with E-state index in [0.717, 1.165) is 38.9 Å².